The Balaban J connectivity index is 3.54. The molecule has 0 unspecified atom stereocenters. The highest BCUT2D eigenvalue weighted by molar-refractivity contribution is 5.75. The number of ether oxygens (including phenoxy) is 1. The number of hydrogen-bond acceptors (Lipinski definition) is 2. The van der Waals surface area contributed by atoms with Crippen LogP contribution in [0.5, 0.6) is 0 Å². The fourth-order valence-corrected chi connectivity index (χ4v) is 2.69. The van der Waals surface area contributed by atoms with E-state index in [1.165, 1.54) is 64.2 Å². The lowest BCUT2D eigenvalue weighted by Crippen LogP contribution is -2.27. The number of carbonyl (C=O) groups is 1. The molecule has 0 aliphatic heterocycles. The molecule has 0 saturated heterocycles. The highest BCUT2D eigenvalue weighted by Gasteiger charge is 2.28. The van der Waals surface area contributed by atoms with E-state index in [4.69, 9.17) is 4.74 Å². The first-order valence-corrected chi connectivity index (χ1v) is 9.71. The van der Waals surface area contributed by atoms with Crippen LogP contribution in [-0.4, -0.2) is 12.6 Å². The molecular formula is C20H40O2. The van der Waals surface area contributed by atoms with Crippen molar-refractivity contribution in [2.24, 2.45) is 5.41 Å². The molecule has 22 heavy (non-hydrogen) atoms. The van der Waals surface area contributed by atoms with E-state index in [0.29, 0.717) is 6.61 Å². The maximum Gasteiger partial charge on any atom is 0.311 e. The van der Waals surface area contributed by atoms with Crippen molar-refractivity contribution in [3.05, 3.63) is 0 Å². The summed E-state index contributed by atoms with van der Waals surface area (Å²) in [4.78, 5) is 12.1. The van der Waals surface area contributed by atoms with Gasteiger partial charge < -0.3 is 4.74 Å². The zero-order valence-electron chi connectivity index (χ0n) is 15.7. The molecule has 0 rings (SSSR count). The molecule has 0 aromatic heterocycles. The van der Waals surface area contributed by atoms with Gasteiger partial charge >= 0.3 is 5.97 Å². The molecule has 0 aliphatic carbocycles. The predicted molar refractivity (Wildman–Crippen MR) is 96.1 cm³/mol. The quantitative estimate of drug-likeness (QED) is 0.249. The monoisotopic (exact) mass is 312 g/mol. The van der Waals surface area contributed by atoms with Crippen LogP contribution in [0.2, 0.25) is 0 Å². The van der Waals surface area contributed by atoms with Gasteiger partial charge in [-0.15, -0.1) is 0 Å². The molecule has 0 bridgehead atoms. The van der Waals surface area contributed by atoms with Crippen molar-refractivity contribution in [2.75, 3.05) is 6.61 Å². The number of rotatable bonds is 15. The van der Waals surface area contributed by atoms with E-state index >= 15 is 0 Å². The number of esters is 1. The van der Waals surface area contributed by atoms with E-state index in [2.05, 4.69) is 13.8 Å². The minimum Gasteiger partial charge on any atom is -0.465 e. The maximum atomic E-state index is 12.1. The summed E-state index contributed by atoms with van der Waals surface area (Å²) in [5.74, 6) is -0.00746. The molecule has 0 spiro atoms. The van der Waals surface area contributed by atoms with Gasteiger partial charge in [-0.2, -0.15) is 0 Å². The predicted octanol–water partition coefficient (Wildman–Crippen LogP) is 6.67. The Morgan fingerprint density at radius 3 is 1.73 bits per heavy atom. The zero-order valence-corrected chi connectivity index (χ0v) is 15.7. The Kier molecular flexibility index (Phi) is 13.7. The van der Waals surface area contributed by atoms with Gasteiger partial charge in [-0.1, -0.05) is 84.5 Å². The summed E-state index contributed by atoms with van der Waals surface area (Å²) in [6.07, 6.45) is 16.0. The lowest BCUT2D eigenvalue weighted by atomic mass is 9.87. The summed E-state index contributed by atoms with van der Waals surface area (Å²) in [6.45, 7) is 9.11. The first kappa shape index (κ1) is 21.5. The minimum absolute atomic E-state index is 0.00746. The van der Waals surface area contributed by atoms with Crippen LogP contribution >= 0.6 is 0 Å². The third-order valence-corrected chi connectivity index (χ3v) is 4.44. The van der Waals surface area contributed by atoms with Crippen molar-refractivity contribution in [1.82, 2.24) is 0 Å². The average Bonchev–Trinajstić information content (AvgIpc) is 2.49. The average molecular weight is 313 g/mol. The summed E-state index contributed by atoms with van der Waals surface area (Å²) >= 11 is 0. The third-order valence-electron chi connectivity index (χ3n) is 4.44. The molecule has 0 atom stereocenters. The van der Waals surface area contributed by atoms with Crippen molar-refractivity contribution in [3.8, 4) is 0 Å². The molecule has 0 N–H and O–H groups in total. The van der Waals surface area contributed by atoms with E-state index in [1.807, 2.05) is 13.8 Å². The van der Waals surface area contributed by atoms with Crippen LogP contribution in [0.4, 0.5) is 0 Å². The van der Waals surface area contributed by atoms with Gasteiger partial charge in [0.15, 0.2) is 0 Å². The van der Waals surface area contributed by atoms with Crippen LogP contribution in [0.15, 0.2) is 0 Å². The Labute approximate surface area is 139 Å². The second-order valence-electron chi connectivity index (χ2n) is 7.31. The molecule has 0 heterocycles. The molecule has 2 heteroatoms. The third kappa shape index (κ3) is 12.1. The van der Waals surface area contributed by atoms with Crippen molar-refractivity contribution in [2.45, 2.75) is 111 Å². The first-order valence-electron chi connectivity index (χ1n) is 9.71. The molecule has 0 radical (unpaired) electrons. The van der Waals surface area contributed by atoms with Gasteiger partial charge in [0.05, 0.1) is 12.0 Å². The topological polar surface area (TPSA) is 26.3 Å². The lowest BCUT2D eigenvalue weighted by Gasteiger charge is -2.22. The smallest absolute Gasteiger partial charge is 0.311 e. The van der Waals surface area contributed by atoms with Gasteiger partial charge in [0.2, 0.25) is 0 Å². The number of carbonyl (C=O) groups excluding carboxylic acids is 1. The van der Waals surface area contributed by atoms with E-state index in [-0.39, 0.29) is 11.4 Å². The maximum absolute atomic E-state index is 12.1. The number of unbranched alkanes of at least 4 members (excludes halogenated alkanes) is 10. The first-order chi connectivity index (χ1) is 10.5. The highest BCUT2D eigenvalue weighted by atomic mass is 16.5. The molecular weight excluding hydrogens is 272 g/mol. The molecule has 0 aromatic rings. The standard InChI is InChI=1S/C20H40O2/c1-5-7-9-11-12-13-14-16-18-22-19(21)20(3,4)17-15-10-8-6-2/h5-18H2,1-4H3. The summed E-state index contributed by atoms with van der Waals surface area (Å²) < 4.78 is 5.47. The van der Waals surface area contributed by atoms with Gasteiger partial charge in [-0.3, -0.25) is 4.79 Å². The molecule has 0 saturated carbocycles. The molecule has 132 valence electrons. The van der Waals surface area contributed by atoms with Crippen LogP contribution in [0.25, 0.3) is 0 Å². The van der Waals surface area contributed by atoms with Crippen molar-refractivity contribution < 1.29 is 9.53 Å². The Hall–Kier alpha value is -0.530. The van der Waals surface area contributed by atoms with Crippen LogP contribution in [0.3, 0.4) is 0 Å². The second kappa shape index (κ2) is 14.1. The molecule has 2 nitrogen and oxygen atoms in total. The van der Waals surface area contributed by atoms with Gasteiger partial charge in [-0.05, 0) is 26.7 Å². The molecule has 0 fully saturated rings. The summed E-state index contributed by atoms with van der Waals surface area (Å²) in [5.41, 5.74) is -0.312. The van der Waals surface area contributed by atoms with Crippen molar-refractivity contribution in [1.29, 1.82) is 0 Å². The fourth-order valence-electron chi connectivity index (χ4n) is 2.69. The Morgan fingerprint density at radius 2 is 1.18 bits per heavy atom. The van der Waals surface area contributed by atoms with Crippen molar-refractivity contribution in [3.63, 3.8) is 0 Å². The van der Waals surface area contributed by atoms with Crippen LogP contribution in [0, 0.1) is 5.41 Å². The molecule has 0 aliphatic rings. The van der Waals surface area contributed by atoms with Gasteiger partial charge in [-0.25, -0.2) is 0 Å². The number of hydrogen-bond donors (Lipinski definition) is 0. The summed E-state index contributed by atoms with van der Waals surface area (Å²) in [7, 11) is 0. The summed E-state index contributed by atoms with van der Waals surface area (Å²) in [6, 6.07) is 0. The normalized spacial score (nSPS) is 11.6. The largest absolute Gasteiger partial charge is 0.465 e. The zero-order chi connectivity index (χ0) is 16.7. The lowest BCUT2D eigenvalue weighted by molar-refractivity contribution is -0.154. The highest BCUT2D eigenvalue weighted by Crippen LogP contribution is 2.25. The van der Waals surface area contributed by atoms with Crippen LogP contribution < -0.4 is 0 Å². The summed E-state index contributed by atoms with van der Waals surface area (Å²) in [5, 5.41) is 0. The van der Waals surface area contributed by atoms with Crippen molar-refractivity contribution >= 4 is 5.97 Å². The minimum atomic E-state index is -0.312. The second-order valence-corrected chi connectivity index (χ2v) is 7.31. The Bertz CT molecular complexity index is 258. The van der Waals surface area contributed by atoms with E-state index in [1.54, 1.807) is 0 Å². The Morgan fingerprint density at radius 1 is 0.727 bits per heavy atom. The van der Waals surface area contributed by atoms with Crippen LogP contribution in [0.1, 0.15) is 111 Å². The van der Waals surface area contributed by atoms with Crippen LogP contribution in [-0.2, 0) is 9.53 Å². The van der Waals surface area contributed by atoms with E-state index in [9.17, 15) is 4.79 Å². The molecule has 0 amide bonds. The van der Waals surface area contributed by atoms with Gasteiger partial charge in [0.1, 0.15) is 0 Å². The van der Waals surface area contributed by atoms with Gasteiger partial charge in [0, 0.05) is 0 Å². The SMILES string of the molecule is CCCCCCCCCCOC(=O)C(C)(C)CCCCCC. The molecule has 0 aromatic carbocycles. The van der Waals surface area contributed by atoms with Gasteiger partial charge in [0.25, 0.3) is 0 Å². The van der Waals surface area contributed by atoms with E-state index < -0.39 is 0 Å². The fraction of sp³-hybridized carbons (Fsp3) is 0.950. The van der Waals surface area contributed by atoms with E-state index in [0.717, 1.165) is 19.3 Å².